The van der Waals surface area contributed by atoms with E-state index in [9.17, 15) is 9.59 Å². The number of hydrogen-bond donors (Lipinski definition) is 1. The van der Waals surface area contributed by atoms with Crippen molar-refractivity contribution in [2.45, 2.75) is 26.3 Å². The number of anilines is 2. The molecule has 3 heterocycles. The molecule has 0 saturated heterocycles. The maximum atomic E-state index is 13.9. The number of methoxy groups -OCH3 is 1. The maximum Gasteiger partial charge on any atom is 0.277 e. The topological polar surface area (TPSA) is 106 Å². The number of fused-ring (bicyclic) bond motifs is 1. The fraction of sp³-hybridized carbons (Fsp3) is 0.286. The third-order valence-corrected chi connectivity index (χ3v) is 6.76. The molecule has 5 rings (SSSR count). The van der Waals surface area contributed by atoms with Gasteiger partial charge in [0.15, 0.2) is 5.69 Å². The number of aryl methyl sites for hydroxylation is 1. The van der Waals surface area contributed by atoms with Crippen molar-refractivity contribution in [2.75, 3.05) is 38.0 Å². The molecule has 0 radical (unpaired) electrons. The number of likely N-dealkylation sites (N-methyl/N-ethyl adjacent to an activating group) is 1. The Hall–Kier alpha value is -4.44. The Morgan fingerprint density at radius 2 is 1.79 bits per heavy atom. The zero-order valence-corrected chi connectivity index (χ0v) is 22.1. The molecule has 0 bridgehead atoms. The Kier molecular flexibility index (Phi) is 6.73. The number of rotatable bonds is 7. The van der Waals surface area contributed by atoms with Gasteiger partial charge in [-0.3, -0.25) is 14.5 Å². The molecule has 4 aromatic rings. The van der Waals surface area contributed by atoms with Crippen molar-refractivity contribution in [1.82, 2.24) is 19.7 Å². The van der Waals surface area contributed by atoms with Gasteiger partial charge in [-0.1, -0.05) is 0 Å². The fourth-order valence-corrected chi connectivity index (χ4v) is 4.36. The van der Waals surface area contributed by atoms with Gasteiger partial charge in [0.05, 0.1) is 24.5 Å². The molecule has 196 valence electrons. The van der Waals surface area contributed by atoms with Crippen molar-refractivity contribution >= 4 is 23.2 Å². The molecule has 2 amide bonds. The smallest absolute Gasteiger partial charge is 0.277 e. The lowest BCUT2D eigenvalue weighted by atomic mass is 10.0. The minimum absolute atomic E-state index is 0.0980. The number of ether oxygens (including phenoxy) is 1. The third-order valence-electron chi connectivity index (χ3n) is 6.76. The molecular formula is C28H30N6O4. The monoisotopic (exact) mass is 514 g/mol. The first kappa shape index (κ1) is 25.2. The normalized spacial score (nSPS) is 13.9. The second kappa shape index (κ2) is 10.1. The molecule has 2 aromatic carbocycles. The number of benzene rings is 2. The summed E-state index contributed by atoms with van der Waals surface area (Å²) in [5.74, 6) is 0.819. The van der Waals surface area contributed by atoms with Crippen molar-refractivity contribution in [3.8, 4) is 23.0 Å². The summed E-state index contributed by atoms with van der Waals surface area (Å²) >= 11 is 0. The van der Waals surface area contributed by atoms with Crippen LogP contribution < -0.4 is 15.0 Å². The Labute approximate surface area is 220 Å². The van der Waals surface area contributed by atoms with E-state index in [-0.39, 0.29) is 17.9 Å². The highest BCUT2D eigenvalue weighted by Crippen LogP contribution is 2.34. The molecule has 0 saturated carbocycles. The number of amides is 2. The summed E-state index contributed by atoms with van der Waals surface area (Å²) in [5, 5.41) is 7.70. The molecule has 1 unspecified atom stereocenters. The highest BCUT2D eigenvalue weighted by atomic mass is 16.5. The summed E-state index contributed by atoms with van der Waals surface area (Å²) in [7, 11) is 5.32. The molecule has 1 aliphatic heterocycles. The number of hydrogen-bond acceptors (Lipinski definition) is 7. The van der Waals surface area contributed by atoms with Crippen LogP contribution in [0, 0.1) is 6.92 Å². The van der Waals surface area contributed by atoms with E-state index < -0.39 is 0 Å². The zero-order chi connectivity index (χ0) is 27.0. The van der Waals surface area contributed by atoms with E-state index in [4.69, 9.17) is 14.3 Å². The maximum absolute atomic E-state index is 13.9. The lowest BCUT2D eigenvalue weighted by molar-refractivity contribution is -0.119. The van der Waals surface area contributed by atoms with Gasteiger partial charge in [0, 0.05) is 23.5 Å². The van der Waals surface area contributed by atoms with Crippen LogP contribution in [0.3, 0.4) is 0 Å². The van der Waals surface area contributed by atoms with Crippen LogP contribution in [0.15, 0.2) is 59.2 Å². The van der Waals surface area contributed by atoms with Gasteiger partial charge in [-0.05, 0) is 82.9 Å². The van der Waals surface area contributed by atoms with E-state index in [2.05, 4.69) is 10.3 Å². The van der Waals surface area contributed by atoms with Crippen molar-refractivity contribution in [3.63, 3.8) is 0 Å². The van der Waals surface area contributed by atoms with Crippen LogP contribution in [-0.2, 0) is 11.2 Å². The molecular weight excluding hydrogens is 484 g/mol. The summed E-state index contributed by atoms with van der Waals surface area (Å²) < 4.78 is 12.6. The SMILES string of the molecule is COc1ccc(-n2nc(-c3nc(C)co3)c3c2C(=O)N(c2ccc(NC(=O)C(C)N(C)C)cc2)CC3)cc1. The first-order chi connectivity index (χ1) is 18.3. The molecule has 10 heteroatoms. The first-order valence-corrected chi connectivity index (χ1v) is 12.3. The average Bonchev–Trinajstić information content (AvgIpc) is 3.53. The van der Waals surface area contributed by atoms with Crippen LogP contribution >= 0.6 is 0 Å². The summed E-state index contributed by atoms with van der Waals surface area (Å²) in [6.45, 7) is 4.16. The Bertz CT molecular complexity index is 1470. The molecule has 1 aliphatic rings. The van der Waals surface area contributed by atoms with E-state index in [0.29, 0.717) is 41.7 Å². The van der Waals surface area contributed by atoms with Gasteiger partial charge in [-0.15, -0.1) is 0 Å². The van der Waals surface area contributed by atoms with Crippen LogP contribution in [0.5, 0.6) is 5.75 Å². The van der Waals surface area contributed by atoms with E-state index in [1.165, 1.54) is 0 Å². The Morgan fingerprint density at radius 3 is 2.39 bits per heavy atom. The largest absolute Gasteiger partial charge is 0.497 e. The van der Waals surface area contributed by atoms with Gasteiger partial charge < -0.3 is 19.4 Å². The lowest BCUT2D eigenvalue weighted by Crippen LogP contribution is -2.39. The number of carbonyl (C=O) groups excluding carboxylic acids is 2. The van der Waals surface area contributed by atoms with Gasteiger partial charge in [-0.2, -0.15) is 5.10 Å². The minimum atomic E-state index is -0.267. The van der Waals surface area contributed by atoms with Gasteiger partial charge >= 0.3 is 0 Å². The van der Waals surface area contributed by atoms with E-state index in [1.807, 2.05) is 69.2 Å². The second-order valence-corrected chi connectivity index (χ2v) is 9.46. The zero-order valence-electron chi connectivity index (χ0n) is 22.1. The Morgan fingerprint density at radius 1 is 1.11 bits per heavy atom. The standard InChI is InChI=1S/C28H30N6O4/c1-17-16-38-27(29-17)24-23-14-15-33(20-8-6-19(7-9-20)30-26(35)18(2)32(3)4)28(36)25(23)34(31-24)21-10-12-22(37-5)13-11-21/h6-13,16,18H,14-15H2,1-5H3,(H,30,35). The third kappa shape index (κ3) is 4.66. The highest BCUT2D eigenvalue weighted by molar-refractivity contribution is 6.08. The van der Waals surface area contributed by atoms with Crippen LogP contribution in [-0.4, -0.2) is 65.3 Å². The van der Waals surface area contributed by atoms with E-state index in [1.54, 1.807) is 35.1 Å². The van der Waals surface area contributed by atoms with Gasteiger partial charge in [0.2, 0.25) is 11.8 Å². The van der Waals surface area contributed by atoms with Gasteiger partial charge in [0.1, 0.15) is 17.7 Å². The second-order valence-electron chi connectivity index (χ2n) is 9.46. The average molecular weight is 515 g/mol. The number of oxazole rings is 1. The van der Waals surface area contributed by atoms with Crippen molar-refractivity contribution < 1.29 is 18.7 Å². The van der Waals surface area contributed by atoms with Crippen LogP contribution in [0.1, 0.15) is 28.7 Å². The summed E-state index contributed by atoms with van der Waals surface area (Å²) in [6.07, 6.45) is 2.15. The van der Waals surface area contributed by atoms with Crippen LogP contribution in [0.25, 0.3) is 17.3 Å². The summed E-state index contributed by atoms with van der Waals surface area (Å²) in [6, 6.07) is 14.4. The first-order valence-electron chi connectivity index (χ1n) is 12.3. The highest BCUT2D eigenvalue weighted by Gasteiger charge is 2.34. The number of nitrogens with zero attached hydrogens (tertiary/aromatic N) is 5. The molecule has 1 atom stereocenters. The number of aromatic nitrogens is 3. The number of nitrogens with one attached hydrogen (secondary N) is 1. The predicted octanol–water partition coefficient (Wildman–Crippen LogP) is 3.94. The van der Waals surface area contributed by atoms with Crippen LogP contribution in [0.4, 0.5) is 11.4 Å². The van der Waals surface area contributed by atoms with Crippen molar-refractivity contribution in [2.24, 2.45) is 0 Å². The molecule has 0 fully saturated rings. The van der Waals surface area contributed by atoms with Crippen molar-refractivity contribution in [3.05, 3.63) is 71.7 Å². The molecule has 0 spiro atoms. The quantitative estimate of drug-likeness (QED) is 0.398. The molecule has 1 N–H and O–H groups in total. The fourth-order valence-electron chi connectivity index (χ4n) is 4.36. The van der Waals surface area contributed by atoms with Gasteiger partial charge in [0.25, 0.3) is 5.91 Å². The molecule has 0 aliphatic carbocycles. The van der Waals surface area contributed by atoms with E-state index >= 15 is 0 Å². The van der Waals surface area contributed by atoms with Crippen molar-refractivity contribution in [1.29, 1.82) is 0 Å². The van der Waals surface area contributed by atoms with E-state index in [0.717, 1.165) is 22.6 Å². The molecule has 2 aromatic heterocycles. The van der Waals surface area contributed by atoms with Crippen LogP contribution in [0.2, 0.25) is 0 Å². The molecule has 38 heavy (non-hydrogen) atoms. The number of carbonyl (C=O) groups is 2. The Balaban J connectivity index is 1.48. The summed E-state index contributed by atoms with van der Waals surface area (Å²) in [4.78, 5) is 34.4. The lowest BCUT2D eigenvalue weighted by Gasteiger charge is -2.28. The molecule has 10 nitrogen and oxygen atoms in total. The predicted molar refractivity (Wildman–Crippen MR) is 144 cm³/mol. The summed E-state index contributed by atoms with van der Waals surface area (Å²) in [5.41, 5.74) is 4.68. The minimum Gasteiger partial charge on any atom is -0.497 e. The van der Waals surface area contributed by atoms with Gasteiger partial charge in [-0.25, -0.2) is 9.67 Å².